The van der Waals surface area contributed by atoms with Crippen LogP contribution in [0.4, 0.5) is 9.59 Å². The number of esters is 1. The molecular weight excluding hydrogens is 380 g/mol. The Bertz CT molecular complexity index is 732. The zero-order valence-electron chi connectivity index (χ0n) is 17.1. The maximum atomic E-state index is 12.4. The van der Waals surface area contributed by atoms with Gasteiger partial charge in [0.1, 0.15) is 12.2 Å². The molecule has 1 unspecified atom stereocenters. The predicted octanol–water partition coefficient (Wildman–Crippen LogP) is 1.83. The van der Waals surface area contributed by atoms with Crippen molar-refractivity contribution in [2.75, 3.05) is 20.2 Å². The fourth-order valence-corrected chi connectivity index (χ4v) is 2.93. The number of methoxy groups -OCH3 is 1. The van der Waals surface area contributed by atoms with Crippen LogP contribution in [-0.2, 0) is 25.6 Å². The van der Waals surface area contributed by atoms with Crippen LogP contribution < -0.4 is 5.32 Å². The Kier molecular flexibility index (Phi) is 7.07. The number of alkyl carbamates (subject to hydrolysis) is 1. The highest BCUT2D eigenvalue weighted by Crippen LogP contribution is 2.26. The Morgan fingerprint density at radius 1 is 1.24 bits per heavy atom. The molecule has 1 aromatic rings. The van der Waals surface area contributed by atoms with Crippen LogP contribution in [0.5, 0.6) is 0 Å². The van der Waals surface area contributed by atoms with Gasteiger partial charge in [-0.15, -0.1) is 0 Å². The van der Waals surface area contributed by atoms with Crippen LogP contribution in [0.15, 0.2) is 30.3 Å². The van der Waals surface area contributed by atoms with E-state index in [9.17, 15) is 19.5 Å². The number of hydrogen-bond donors (Lipinski definition) is 2. The fraction of sp³-hybridized carbons (Fsp3) is 0.550. The van der Waals surface area contributed by atoms with Gasteiger partial charge in [-0.1, -0.05) is 30.3 Å². The minimum atomic E-state index is -1.99. The van der Waals surface area contributed by atoms with E-state index in [1.54, 1.807) is 32.9 Å². The average Bonchev–Trinajstić information content (AvgIpc) is 2.66. The first-order valence-electron chi connectivity index (χ1n) is 9.31. The van der Waals surface area contributed by atoms with Crippen molar-refractivity contribution >= 4 is 18.2 Å². The number of ether oxygens (including phenoxy) is 3. The molecule has 0 aromatic heterocycles. The van der Waals surface area contributed by atoms with E-state index in [4.69, 9.17) is 14.2 Å². The minimum absolute atomic E-state index is 0.0197. The fourth-order valence-electron chi connectivity index (χ4n) is 2.93. The second-order valence-corrected chi connectivity index (χ2v) is 7.85. The molecule has 1 saturated heterocycles. The molecule has 2 N–H and O–H groups in total. The van der Waals surface area contributed by atoms with Crippen LogP contribution >= 0.6 is 0 Å². The monoisotopic (exact) mass is 408 g/mol. The van der Waals surface area contributed by atoms with Crippen molar-refractivity contribution in [3.05, 3.63) is 35.9 Å². The molecule has 0 spiro atoms. The summed E-state index contributed by atoms with van der Waals surface area (Å²) in [6.07, 6.45) is -1.55. The molecule has 29 heavy (non-hydrogen) atoms. The lowest BCUT2D eigenvalue weighted by atomic mass is 9.86. The van der Waals surface area contributed by atoms with Gasteiger partial charge in [-0.2, -0.15) is 0 Å². The summed E-state index contributed by atoms with van der Waals surface area (Å²) in [4.78, 5) is 38.1. The molecule has 160 valence electrons. The summed E-state index contributed by atoms with van der Waals surface area (Å²) in [7, 11) is 1.14. The first-order valence-corrected chi connectivity index (χ1v) is 9.31. The van der Waals surface area contributed by atoms with Crippen molar-refractivity contribution in [1.29, 1.82) is 0 Å². The van der Waals surface area contributed by atoms with Gasteiger partial charge >= 0.3 is 18.2 Å². The standard InChI is InChI=1S/C20H28N2O7/c1-19(2,3)29-18(25)22-11-10-20(26,16(23)27-4)15(12-22)21-17(24)28-13-14-8-6-5-7-9-14/h5-9,15,26H,10-13H2,1-4H3,(H,21,24)/t15-,20?/m0/s1. The number of carbonyl (C=O) groups excluding carboxylic acids is 3. The molecule has 1 fully saturated rings. The first-order chi connectivity index (χ1) is 13.5. The topological polar surface area (TPSA) is 114 Å². The number of likely N-dealkylation sites (tertiary alicyclic amines) is 1. The molecule has 1 aliphatic rings. The number of amides is 2. The van der Waals surface area contributed by atoms with Crippen LogP contribution in [0.1, 0.15) is 32.8 Å². The molecule has 0 bridgehead atoms. The summed E-state index contributed by atoms with van der Waals surface area (Å²) in [6.45, 7) is 5.15. The number of aliphatic hydroxyl groups is 1. The van der Waals surface area contributed by atoms with Crippen molar-refractivity contribution in [3.63, 3.8) is 0 Å². The first kappa shape index (κ1) is 22.5. The summed E-state index contributed by atoms with van der Waals surface area (Å²) in [5, 5.41) is 13.3. The van der Waals surface area contributed by atoms with Crippen LogP contribution in [0.2, 0.25) is 0 Å². The van der Waals surface area contributed by atoms with Crippen LogP contribution in [-0.4, -0.2) is 65.6 Å². The predicted molar refractivity (Wildman–Crippen MR) is 103 cm³/mol. The van der Waals surface area contributed by atoms with Gasteiger partial charge in [0.25, 0.3) is 0 Å². The van der Waals surface area contributed by atoms with Gasteiger partial charge in [0.15, 0.2) is 5.60 Å². The highest BCUT2D eigenvalue weighted by atomic mass is 16.6. The Hall–Kier alpha value is -2.81. The third-order valence-electron chi connectivity index (χ3n) is 4.44. The van der Waals surface area contributed by atoms with Crippen LogP contribution in [0.3, 0.4) is 0 Å². The van der Waals surface area contributed by atoms with Gasteiger partial charge in [-0.3, -0.25) is 0 Å². The number of rotatable bonds is 4. The Morgan fingerprint density at radius 3 is 2.48 bits per heavy atom. The van der Waals surface area contributed by atoms with Crippen molar-refractivity contribution in [1.82, 2.24) is 10.2 Å². The molecule has 0 saturated carbocycles. The van der Waals surface area contributed by atoms with E-state index in [0.29, 0.717) is 0 Å². The molecule has 1 aromatic carbocycles. The molecule has 9 heteroatoms. The Labute approximate surface area is 169 Å². The summed E-state index contributed by atoms with van der Waals surface area (Å²) in [6, 6.07) is 7.93. The third-order valence-corrected chi connectivity index (χ3v) is 4.44. The molecule has 2 atom stereocenters. The van der Waals surface area contributed by atoms with Crippen LogP contribution in [0.25, 0.3) is 0 Å². The van der Waals surface area contributed by atoms with Gasteiger partial charge in [-0.05, 0) is 26.3 Å². The Balaban J connectivity index is 2.07. The van der Waals surface area contributed by atoms with E-state index < -0.39 is 35.4 Å². The molecule has 2 amide bonds. The van der Waals surface area contributed by atoms with Gasteiger partial charge in [0.05, 0.1) is 13.2 Å². The minimum Gasteiger partial charge on any atom is -0.467 e. The zero-order valence-corrected chi connectivity index (χ0v) is 17.1. The van der Waals surface area contributed by atoms with Crippen molar-refractivity contribution in [2.45, 2.75) is 51.0 Å². The smallest absolute Gasteiger partial charge is 0.410 e. The van der Waals surface area contributed by atoms with Gasteiger partial charge in [-0.25, -0.2) is 14.4 Å². The average molecular weight is 408 g/mol. The van der Waals surface area contributed by atoms with Gasteiger partial charge in [0.2, 0.25) is 0 Å². The summed E-state index contributed by atoms with van der Waals surface area (Å²) in [5.74, 6) is -0.894. The summed E-state index contributed by atoms with van der Waals surface area (Å²) >= 11 is 0. The van der Waals surface area contributed by atoms with Gasteiger partial charge < -0.3 is 29.5 Å². The second-order valence-electron chi connectivity index (χ2n) is 7.85. The van der Waals surface area contributed by atoms with E-state index in [-0.39, 0.29) is 26.1 Å². The van der Waals surface area contributed by atoms with Crippen molar-refractivity contribution in [3.8, 4) is 0 Å². The van der Waals surface area contributed by atoms with Crippen LogP contribution in [0, 0.1) is 0 Å². The molecular formula is C20H28N2O7. The molecule has 1 heterocycles. The van der Waals surface area contributed by atoms with E-state index in [1.165, 1.54) is 4.90 Å². The summed E-state index contributed by atoms with van der Waals surface area (Å²) in [5.41, 5.74) is -1.91. The highest BCUT2D eigenvalue weighted by molar-refractivity contribution is 5.82. The number of piperidine rings is 1. The van der Waals surface area contributed by atoms with Crippen molar-refractivity contribution in [2.24, 2.45) is 0 Å². The lowest BCUT2D eigenvalue weighted by Gasteiger charge is -2.42. The molecule has 1 aliphatic heterocycles. The number of nitrogens with zero attached hydrogens (tertiary/aromatic N) is 1. The molecule has 0 aliphatic carbocycles. The quantitative estimate of drug-likeness (QED) is 0.577. The van der Waals surface area contributed by atoms with E-state index >= 15 is 0 Å². The molecule has 0 radical (unpaired) electrons. The van der Waals surface area contributed by atoms with E-state index in [2.05, 4.69) is 5.32 Å². The lowest BCUT2D eigenvalue weighted by Crippen LogP contribution is -2.66. The summed E-state index contributed by atoms with van der Waals surface area (Å²) < 4.78 is 15.2. The third kappa shape index (κ3) is 6.08. The highest BCUT2D eigenvalue weighted by Gasteiger charge is 2.51. The van der Waals surface area contributed by atoms with Crippen molar-refractivity contribution < 1.29 is 33.7 Å². The zero-order chi connectivity index (χ0) is 21.7. The molecule has 2 rings (SSSR count). The molecule has 9 nitrogen and oxygen atoms in total. The van der Waals surface area contributed by atoms with Gasteiger partial charge in [0, 0.05) is 19.5 Å². The second kappa shape index (κ2) is 9.13. The number of carbonyl (C=O) groups is 3. The SMILES string of the molecule is COC(=O)C1(O)CCN(C(=O)OC(C)(C)C)C[C@@H]1NC(=O)OCc1ccccc1. The normalized spacial score (nSPS) is 21.8. The lowest BCUT2D eigenvalue weighted by molar-refractivity contribution is -0.170. The largest absolute Gasteiger partial charge is 0.467 e. The number of nitrogens with one attached hydrogen (secondary N) is 1. The van der Waals surface area contributed by atoms with E-state index in [1.807, 2.05) is 18.2 Å². The number of benzene rings is 1. The maximum absolute atomic E-state index is 12.4. The Morgan fingerprint density at radius 2 is 1.90 bits per heavy atom. The number of hydrogen-bond acceptors (Lipinski definition) is 7. The maximum Gasteiger partial charge on any atom is 0.410 e. The van der Waals surface area contributed by atoms with E-state index in [0.717, 1.165) is 12.7 Å².